The molecule has 0 aromatic rings. The summed E-state index contributed by atoms with van der Waals surface area (Å²) in [5.41, 5.74) is -1.65. The zero-order chi connectivity index (χ0) is 13.5. The van der Waals surface area contributed by atoms with Gasteiger partial charge in [-0.3, -0.25) is 13.8 Å². The van der Waals surface area contributed by atoms with Crippen LogP contribution in [-0.2, 0) is 22.9 Å². The number of carbonyl (C=O) groups excluding carboxylic acids is 1. The van der Waals surface area contributed by atoms with Crippen molar-refractivity contribution >= 4 is 13.6 Å². The Kier molecular flexibility index (Phi) is 3.79. The molecule has 0 aromatic carbocycles. The van der Waals surface area contributed by atoms with Gasteiger partial charge < -0.3 is 0 Å². The molecule has 100 valence electrons. The number of halogens is 2. The molecule has 0 amide bonds. The minimum absolute atomic E-state index is 0.0111. The summed E-state index contributed by atoms with van der Waals surface area (Å²) in [7, 11) is -2.39. The molecule has 5 nitrogen and oxygen atoms in total. The molecule has 1 rings (SSSR count). The maximum absolute atomic E-state index is 13.8. The van der Waals surface area contributed by atoms with Crippen molar-refractivity contribution in [1.29, 1.82) is 0 Å². The number of Topliss-reactive ketones (excluding diaryl/α,β-unsaturated/α-hetero) is 1. The van der Waals surface area contributed by atoms with Gasteiger partial charge >= 0.3 is 13.9 Å². The first kappa shape index (κ1) is 14.7. The Bertz CT molecular complexity index is 364. The molecular weight excluding hydrogens is 257 g/mol. The molecule has 1 aliphatic carbocycles. The van der Waals surface area contributed by atoms with Crippen LogP contribution < -0.4 is 0 Å². The van der Waals surface area contributed by atoms with E-state index in [1.807, 2.05) is 0 Å². The van der Waals surface area contributed by atoms with Crippen LogP contribution in [0.4, 0.5) is 8.78 Å². The molecule has 0 heterocycles. The SMILES string of the molecule is COP(=O)(OC)OC(F)(F)[C@@]1(C)C[C@@H]1C(C)=O. The lowest BCUT2D eigenvalue weighted by molar-refractivity contribution is -0.236. The molecule has 0 saturated heterocycles. The van der Waals surface area contributed by atoms with Crippen molar-refractivity contribution in [2.24, 2.45) is 11.3 Å². The summed E-state index contributed by atoms with van der Waals surface area (Å²) in [4.78, 5) is 11.1. The molecule has 0 unspecified atom stereocenters. The first-order valence-corrected chi connectivity index (χ1v) is 6.38. The Morgan fingerprint density at radius 1 is 1.41 bits per heavy atom. The lowest BCUT2D eigenvalue weighted by Crippen LogP contribution is -2.33. The number of phosphoric ester groups is 1. The monoisotopic (exact) mass is 272 g/mol. The average molecular weight is 272 g/mol. The third kappa shape index (κ3) is 2.57. The van der Waals surface area contributed by atoms with Crippen LogP contribution in [0.1, 0.15) is 20.3 Å². The van der Waals surface area contributed by atoms with Gasteiger partial charge in [0.05, 0.1) is 5.41 Å². The Morgan fingerprint density at radius 2 is 1.88 bits per heavy atom. The van der Waals surface area contributed by atoms with E-state index in [-0.39, 0.29) is 12.2 Å². The fraction of sp³-hybridized carbons (Fsp3) is 0.889. The Morgan fingerprint density at radius 3 is 2.18 bits per heavy atom. The fourth-order valence-corrected chi connectivity index (χ4v) is 2.46. The van der Waals surface area contributed by atoms with Gasteiger partial charge in [0, 0.05) is 20.1 Å². The summed E-state index contributed by atoms with van der Waals surface area (Å²) in [6, 6.07) is 0. The van der Waals surface area contributed by atoms with Gasteiger partial charge in [-0.1, -0.05) is 6.92 Å². The number of carbonyl (C=O) groups is 1. The van der Waals surface area contributed by atoms with Crippen LogP contribution in [-0.4, -0.2) is 26.1 Å². The van der Waals surface area contributed by atoms with E-state index >= 15 is 0 Å². The Hall–Kier alpha value is -0.360. The van der Waals surface area contributed by atoms with Crippen LogP contribution in [0.3, 0.4) is 0 Å². The number of rotatable bonds is 6. The Labute approximate surface area is 98.0 Å². The fourth-order valence-electron chi connectivity index (χ4n) is 1.67. The summed E-state index contributed by atoms with van der Waals surface area (Å²) in [6.07, 6.45) is -3.76. The van der Waals surface area contributed by atoms with Gasteiger partial charge in [0.15, 0.2) is 0 Å². The van der Waals surface area contributed by atoms with Crippen LogP contribution >= 0.6 is 7.82 Å². The van der Waals surface area contributed by atoms with Gasteiger partial charge in [-0.15, -0.1) is 0 Å². The summed E-state index contributed by atoms with van der Waals surface area (Å²) in [5.74, 6) is -1.14. The molecule has 0 radical (unpaired) electrons. The van der Waals surface area contributed by atoms with E-state index in [2.05, 4.69) is 13.6 Å². The van der Waals surface area contributed by atoms with Gasteiger partial charge in [0.1, 0.15) is 5.78 Å². The molecule has 2 atom stereocenters. The molecule has 0 N–H and O–H groups in total. The van der Waals surface area contributed by atoms with Gasteiger partial charge in [-0.05, 0) is 13.3 Å². The topological polar surface area (TPSA) is 61.8 Å². The number of alkyl halides is 2. The van der Waals surface area contributed by atoms with E-state index < -0.39 is 25.3 Å². The maximum Gasteiger partial charge on any atom is 0.479 e. The highest BCUT2D eigenvalue weighted by atomic mass is 31.2. The maximum atomic E-state index is 13.8. The van der Waals surface area contributed by atoms with E-state index in [0.29, 0.717) is 0 Å². The summed E-state index contributed by atoms with van der Waals surface area (Å²) in [5, 5.41) is 0. The van der Waals surface area contributed by atoms with Gasteiger partial charge in [0.2, 0.25) is 0 Å². The molecule has 0 aromatic heterocycles. The quantitative estimate of drug-likeness (QED) is 0.695. The standard InChI is InChI=1S/C9H15F2O5P/c1-6(12)7-5-8(7,2)9(10,11)16-17(13,14-3)15-4/h7H,5H2,1-4H3/t7-,8+/m1/s1. The van der Waals surface area contributed by atoms with E-state index in [9.17, 15) is 18.1 Å². The van der Waals surface area contributed by atoms with E-state index in [1.54, 1.807) is 0 Å². The zero-order valence-corrected chi connectivity index (χ0v) is 10.9. The van der Waals surface area contributed by atoms with Crippen LogP contribution in [0.5, 0.6) is 0 Å². The van der Waals surface area contributed by atoms with E-state index in [4.69, 9.17) is 0 Å². The minimum atomic E-state index is -4.28. The Balaban J connectivity index is 2.84. The highest BCUT2D eigenvalue weighted by molar-refractivity contribution is 7.48. The largest absolute Gasteiger partial charge is 0.479 e. The highest BCUT2D eigenvalue weighted by Crippen LogP contribution is 2.66. The summed E-state index contributed by atoms with van der Waals surface area (Å²) in [6.45, 7) is 2.44. The van der Waals surface area contributed by atoms with Gasteiger partial charge in [0.25, 0.3) is 0 Å². The van der Waals surface area contributed by atoms with E-state index in [1.165, 1.54) is 13.8 Å². The summed E-state index contributed by atoms with van der Waals surface area (Å²) >= 11 is 0. The second kappa shape index (κ2) is 4.39. The average Bonchev–Trinajstić information content (AvgIpc) is 2.92. The van der Waals surface area contributed by atoms with Crippen molar-refractivity contribution in [3.05, 3.63) is 0 Å². The van der Waals surface area contributed by atoms with Crippen molar-refractivity contribution < 1.29 is 31.7 Å². The molecule has 1 fully saturated rings. The van der Waals surface area contributed by atoms with Crippen molar-refractivity contribution in [3.63, 3.8) is 0 Å². The summed E-state index contributed by atoms with van der Waals surface area (Å²) < 4.78 is 51.8. The molecule has 0 spiro atoms. The lowest BCUT2D eigenvalue weighted by Gasteiger charge is -2.26. The van der Waals surface area contributed by atoms with Crippen LogP contribution in [0.25, 0.3) is 0 Å². The number of hydrogen-bond donors (Lipinski definition) is 0. The molecule has 1 aliphatic rings. The van der Waals surface area contributed by atoms with Crippen LogP contribution in [0, 0.1) is 11.3 Å². The normalized spacial score (nSPS) is 29.2. The highest BCUT2D eigenvalue weighted by Gasteiger charge is 2.70. The third-order valence-electron chi connectivity index (χ3n) is 3.07. The van der Waals surface area contributed by atoms with Crippen molar-refractivity contribution in [2.45, 2.75) is 26.4 Å². The predicted molar refractivity (Wildman–Crippen MR) is 54.6 cm³/mol. The minimum Gasteiger partial charge on any atom is -0.300 e. The lowest BCUT2D eigenvalue weighted by atomic mass is 10.0. The number of phosphoric acid groups is 1. The zero-order valence-electron chi connectivity index (χ0n) is 10.0. The second-order valence-corrected chi connectivity index (χ2v) is 6.01. The van der Waals surface area contributed by atoms with Crippen LogP contribution in [0.2, 0.25) is 0 Å². The number of hydrogen-bond acceptors (Lipinski definition) is 5. The number of ketones is 1. The third-order valence-corrected chi connectivity index (χ3v) is 4.41. The smallest absolute Gasteiger partial charge is 0.300 e. The van der Waals surface area contributed by atoms with E-state index in [0.717, 1.165) is 14.2 Å². The van der Waals surface area contributed by atoms with Crippen LogP contribution in [0.15, 0.2) is 0 Å². The van der Waals surface area contributed by atoms with Crippen molar-refractivity contribution in [2.75, 3.05) is 14.2 Å². The van der Waals surface area contributed by atoms with Gasteiger partial charge in [-0.25, -0.2) is 9.09 Å². The molecule has 17 heavy (non-hydrogen) atoms. The van der Waals surface area contributed by atoms with Gasteiger partial charge in [-0.2, -0.15) is 8.78 Å². The molecular formula is C9H15F2O5P. The second-order valence-electron chi connectivity index (χ2n) is 4.21. The van der Waals surface area contributed by atoms with Crippen molar-refractivity contribution in [1.82, 2.24) is 0 Å². The first-order valence-electron chi connectivity index (χ1n) is 4.92. The molecule has 1 saturated carbocycles. The predicted octanol–water partition coefficient (Wildman–Crippen LogP) is 2.61. The van der Waals surface area contributed by atoms with Crippen molar-refractivity contribution in [3.8, 4) is 0 Å². The molecule has 8 heteroatoms. The first-order chi connectivity index (χ1) is 7.62. The molecule has 0 bridgehead atoms. The molecule has 0 aliphatic heterocycles.